The molecule has 0 saturated carbocycles. The second kappa shape index (κ2) is 4.14. The van der Waals surface area contributed by atoms with Gasteiger partial charge < -0.3 is 10.1 Å². The number of ether oxygens (including phenoxy) is 1. The van der Waals surface area contributed by atoms with Crippen LogP contribution in [0.15, 0.2) is 30.6 Å². The highest BCUT2D eigenvalue weighted by Crippen LogP contribution is 2.15. The molecular weight excluding hydrogens is 202 g/mol. The zero-order valence-corrected chi connectivity index (χ0v) is 9.10. The van der Waals surface area contributed by atoms with E-state index in [0.29, 0.717) is 5.92 Å². The SMILES string of the molecule is c1cc(NCC2CCOC2)n2ccnc2c1. The van der Waals surface area contributed by atoms with Gasteiger partial charge in [-0.05, 0) is 18.6 Å². The summed E-state index contributed by atoms with van der Waals surface area (Å²) in [5.41, 5.74) is 0.979. The number of nitrogens with zero attached hydrogens (tertiary/aromatic N) is 2. The average molecular weight is 217 g/mol. The Balaban J connectivity index is 1.75. The van der Waals surface area contributed by atoms with E-state index in [-0.39, 0.29) is 0 Å². The Morgan fingerprint density at radius 3 is 3.38 bits per heavy atom. The summed E-state index contributed by atoms with van der Waals surface area (Å²) in [5, 5.41) is 3.46. The maximum atomic E-state index is 5.36. The van der Waals surface area contributed by atoms with Crippen LogP contribution < -0.4 is 5.32 Å². The van der Waals surface area contributed by atoms with Crippen molar-refractivity contribution in [2.45, 2.75) is 6.42 Å². The summed E-state index contributed by atoms with van der Waals surface area (Å²) in [4.78, 5) is 4.26. The normalized spacial score (nSPS) is 20.4. The number of hydrogen-bond donors (Lipinski definition) is 1. The molecule has 1 aliphatic heterocycles. The molecule has 1 unspecified atom stereocenters. The summed E-state index contributed by atoms with van der Waals surface area (Å²) in [6, 6.07) is 6.10. The predicted molar refractivity (Wildman–Crippen MR) is 62.6 cm³/mol. The van der Waals surface area contributed by atoms with Crippen LogP contribution in [-0.2, 0) is 4.74 Å². The molecule has 4 nitrogen and oxygen atoms in total. The molecule has 0 bridgehead atoms. The minimum absolute atomic E-state index is 0.638. The zero-order chi connectivity index (χ0) is 10.8. The quantitative estimate of drug-likeness (QED) is 0.851. The number of hydrogen-bond acceptors (Lipinski definition) is 3. The molecule has 1 aliphatic rings. The molecule has 0 aromatic carbocycles. The van der Waals surface area contributed by atoms with Crippen molar-refractivity contribution in [3.8, 4) is 0 Å². The number of rotatable bonds is 3. The first-order chi connectivity index (χ1) is 7.93. The number of aromatic nitrogens is 2. The molecule has 0 amide bonds. The number of anilines is 1. The summed E-state index contributed by atoms with van der Waals surface area (Å²) >= 11 is 0. The molecule has 0 spiro atoms. The maximum absolute atomic E-state index is 5.36. The molecule has 3 heterocycles. The van der Waals surface area contributed by atoms with Gasteiger partial charge in [0.25, 0.3) is 0 Å². The van der Waals surface area contributed by atoms with Gasteiger partial charge in [0.2, 0.25) is 0 Å². The Morgan fingerprint density at radius 2 is 2.50 bits per heavy atom. The van der Waals surface area contributed by atoms with Crippen molar-refractivity contribution < 1.29 is 4.74 Å². The molecule has 16 heavy (non-hydrogen) atoms. The smallest absolute Gasteiger partial charge is 0.138 e. The van der Waals surface area contributed by atoms with Crippen molar-refractivity contribution in [2.75, 3.05) is 25.1 Å². The first-order valence-corrected chi connectivity index (χ1v) is 5.67. The van der Waals surface area contributed by atoms with Crippen LogP contribution in [0.5, 0.6) is 0 Å². The maximum Gasteiger partial charge on any atom is 0.138 e. The number of nitrogens with one attached hydrogen (secondary N) is 1. The Kier molecular flexibility index (Phi) is 2.50. The van der Waals surface area contributed by atoms with Gasteiger partial charge >= 0.3 is 0 Å². The van der Waals surface area contributed by atoms with Crippen molar-refractivity contribution in [1.29, 1.82) is 0 Å². The predicted octanol–water partition coefficient (Wildman–Crippen LogP) is 1.78. The highest BCUT2D eigenvalue weighted by atomic mass is 16.5. The Labute approximate surface area is 94.3 Å². The van der Waals surface area contributed by atoms with Crippen molar-refractivity contribution in [3.63, 3.8) is 0 Å². The van der Waals surface area contributed by atoms with Crippen LogP contribution in [-0.4, -0.2) is 29.1 Å². The first kappa shape index (κ1) is 9.66. The summed E-state index contributed by atoms with van der Waals surface area (Å²) in [5.74, 6) is 1.74. The fraction of sp³-hybridized carbons (Fsp3) is 0.417. The van der Waals surface area contributed by atoms with Crippen LogP contribution in [0.4, 0.5) is 5.82 Å². The van der Waals surface area contributed by atoms with Crippen molar-refractivity contribution in [2.24, 2.45) is 5.92 Å². The van der Waals surface area contributed by atoms with Gasteiger partial charge in [0.05, 0.1) is 6.61 Å². The molecule has 1 saturated heterocycles. The third-order valence-electron chi connectivity index (χ3n) is 3.02. The van der Waals surface area contributed by atoms with Gasteiger partial charge in [0.1, 0.15) is 11.5 Å². The zero-order valence-electron chi connectivity index (χ0n) is 9.10. The van der Waals surface area contributed by atoms with Gasteiger partial charge in [-0.2, -0.15) is 0 Å². The van der Waals surface area contributed by atoms with Crippen LogP contribution >= 0.6 is 0 Å². The second-order valence-corrected chi connectivity index (χ2v) is 4.18. The summed E-state index contributed by atoms with van der Waals surface area (Å²) < 4.78 is 7.42. The highest BCUT2D eigenvalue weighted by Gasteiger charge is 2.15. The van der Waals surface area contributed by atoms with Gasteiger partial charge in [0.15, 0.2) is 0 Å². The topological polar surface area (TPSA) is 38.6 Å². The largest absolute Gasteiger partial charge is 0.381 e. The van der Waals surface area contributed by atoms with E-state index in [9.17, 15) is 0 Å². The highest BCUT2D eigenvalue weighted by molar-refractivity contribution is 5.49. The van der Waals surface area contributed by atoms with E-state index in [4.69, 9.17) is 4.74 Å². The van der Waals surface area contributed by atoms with E-state index in [2.05, 4.69) is 20.8 Å². The lowest BCUT2D eigenvalue weighted by Crippen LogP contribution is -2.15. The van der Waals surface area contributed by atoms with Crippen LogP contribution in [0.3, 0.4) is 0 Å². The van der Waals surface area contributed by atoms with Gasteiger partial charge in [-0.15, -0.1) is 0 Å². The average Bonchev–Trinajstić information content (AvgIpc) is 2.97. The monoisotopic (exact) mass is 217 g/mol. The van der Waals surface area contributed by atoms with E-state index >= 15 is 0 Å². The fourth-order valence-electron chi connectivity index (χ4n) is 2.08. The summed E-state index contributed by atoms with van der Waals surface area (Å²) in [7, 11) is 0. The third kappa shape index (κ3) is 1.76. The molecule has 0 radical (unpaired) electrons. The number of imidazole rings is 1. The standard InChI is InChI=1S/C12H15N3O/c1-2-11-13-5-6-15(11)12(3-1)14-8-10-4-7-16-9-10/h1-3,5-6,10,14H,4,7-9H2. The van der Waals surface area contributed by atoms with Crippen LogP contribution in [0, 0.1) is 5.92 Å². The molecular formula is C12H15N3O. The van der Waals surface area contributed by atoms with Gasteiger partial charge in [-0.1, -0.05) is 6.07 Å². The molecule has 2 aromatic heterocycles. The molecule has 2 aromatic rings. The summed E-state index contributed by atoms with van der Waals surface area (Å²) in [6.07, 6.45) is 4.95. The Bertz CT molecular complexity index is 474. The molecule has 1 atom stereocenters. The minimum atomic E-state index is 0.638. The van der Waals surface area contributed by atoms with E-state index in [1.165, 1.54) is 0 Å². The lowest BCUT2D eigenvalue weighted by atomic mass is 10.1. The lowest BCUT2D eigenvalue weighted by Gasteiger charge is -2.12. The van der Waals surface area contributed by atoms with Gasteiger partial charge in [-0.3, -0.25) is 4.40 Å². The van der Waals surface area contributed by atoms with Gasteiger partial charge in [-0.25, -0.2) is 4.98 Å². The fourth-order valence-corrected chi connectivity index (χ4v) is 2.08. The van der Waals surface area contributed by atoms with Crippen molar-refractivity contribution >= 4 is 11.5 Å². The van der Waals surface area contributed by atoms with E-state index < -0.39 is 0 Å². The number of fused-ring (bicyclic) bond motifs is 1. The van der Waals surface area contributed by atoms with Crippen LogP contribution in [0.1, 0.15) is 6.42 Å². The van der Waals surface area contributed by atoms with E-state index in [0.717, 1.165) is 37.6 Å². The van der Waals surface area contributed by atoms with E-state index in [1.807, 2.05) is 24.5 Å². The van der Waals surface area contributed by atoms with E-state index in [1.54, 1.807) is 0 Å². The minimum Gasteiger partial charge on any atom is -0.381 e. The third-order valence-corrected chi connectivity index (χ3v) is 3.02. The van der Waals surface area contributed by atoms with Crippen molar-refractivity contribution in [1.82, 2.24) is 9.38 Å². The molecule has 4 heteroatoms. The molecule has 3 rings (SSSR count). The second-order valence-electron chi connectivity index (χ2n) is 4.18. The summed E-state index contributed by atoms with van der Waals surface area (Å²) in [6.45, 7) is 2.76. The molecule has 84 valence electrons. The van der Waals surface area contributed by atoms with Crippen molar-refractivity contribution in [3.05, 3.63) is 30.6 Å². The Morgan fingerprint density at radius 1 is 1.50 bits per heavy atom. The molecule has 0 aliphatic carbocycles. The number of pyridine rings is 1. The Hall–Kier alpha value is -1.55. The lowest BCUT2D eigenvalue weighted by molar-refractivity contribution is 0.187. The first-order valence-electron chi connectivity index (χ1n) is 5.67. The molecule has 1 fully saturated rings. The van der Waals surface area contributed by atoms with Gasteiger partial charge in [0, 0.05) is 31.5 Å². The van der Waals surface area contributed by atoms with Crippen LogP contribution in [0.25, 0.3) is 5.65 Å². The molecule has 1 N–H and O–H groups in total. The van der Waals surface area contributed by atoms with Crippen LogP contribution in [0.2, 0.25) is 0 Å².